The van der Waals surface area contributed by atoms with Gasteiger partial charge in [-0.05, 0) is 6.92 Å². The van der Waals surface area contributed by atoms with Crippen LogP contribution in [0.25, 0.3) is 0 Å². The third-order valence-corrected chi connectivity index (χ3v) is 3.69. The average Bonchev–Trinajstić information content (AvgIpc) is 2.86. The molecule has 1 saturated heterocycles. The fourth-order valence-electron chi connectivity index (χ4n) is 1.89. The van der Waals surface area contributed by atoms with Gasteiger partial charge in [0, 0.05) is 24.0 Å². The number of methoxy groups -OCH3 is 1. The second-order valence-electron chi connectivity index (χ2n) is 4.08. The van der Waals surface area contributed by atoms with E-state index in [4.69, 9.17) is 0 Å². The van der Waals surface area contributed by atoms with E-state index < -0.39 is 0 Å². The van der Waals surface area contributed by atoms with Gasteiger partial charge in [-0.3, -0.25) is 9.59 Å². The number of nitrogens with zero attached hydrogens (tertiary/aromatic N) is 2. The fraction of sp³-hybridized carbons (Fsp3) is 0.545. The molecule has 0 aliphatic carbocycles. The summed E-state index contributed by atoms with van der Waals surface area (Å²) in [5.41, 5.74) is 0.959. The summed E-state index contributed by atoms with van der Waals surface area (Å²) >= 11 is 1.53. The molecule has 2 rings (SSSR count). The maximum atomic E-state index is 11.7. The molecule has 1 aromatic rings. The number of rotatable bonds is 3. The number of amides is 1. The lowest BCUT2D eigenvalue weighted by atomic mass is 10.1. The molecule has 0 N–H and O–H groups in total. The van der Waals surface area contributed by atoms with Crippen LogP contribution >= 0.6 is 11.3 Å². The second-order valence-corrected chi connectivity index (χ2v) is 5.02. The Morgan fingerprint density at radius 2 is 2.47 bits per heavy atom. The normalized spacial score (nSPS) is 19.8. The van der Waals surface area contributed by atoms with E-state index in [9.17, 15) is 9.59 Å². The van der Waals surface area contributed by atoms with Crippen molar-refractivity contribution in [3.8, 4) is 0 Å². The quantitative estimate of drug-likeness (QED) is 0.754. The van der Waals surface area contributed by atoms with Gasteiger partial charge in [0.25, 0.3) is 0 Å². The molecule has 2 heterocycles. The predicted octanol–water partition coefficient (Wildman–Crippen LogP) is 0.973. The summed E-state index contributed by atoms with van der Waals surface area (Å²) in [6.45, 7) is 2.85. The summed E-state index contributed by atoms with van der Waals surface area (Å²) in [7, 11) is 1.35. The molecule has 1 aromatic heterocycles. The second kappa shape index (κ2) is 4.83. The highest BCUT2D eigenvalue weighted by Crippen LogP contribution is 2.22. The van der Waals surface area contributed by atoms with Crippen LogP contribution in [0, 0.1) is 12.8 Å². The van der Waals surface area contributed by atoms with Crippen molar-refractivity contribution < 1.29 is 14.3 Å². The van der Waals surface area contributed by atoms with E-state index in [0.717, 1.165) is 10.7 Å². The van der Waals surface area contributed by atoms with Crippen LogP contribution in [0.1, 0.15) is 17.1 Å². The van der Waals surface area contributed by atoms with E-state index in [0.29, 0.717) is 13.1 Å². The van der Waals surface area contributed by atoms with Crippen molar-refractivity contribution in [1.82, 2.24) is 9.88 Å². The van der Waals surface area contributed by atoms with Crippen molar-refractivity contribution in [3.63, 3.8) is 0 Å². The number of ether oxygens (including phenoxy) is 1. The van der Waals surface area contributed by atoms with Crippen molar-refractivity contribution in [3.05, 3.63) is 16.1 Å². The highest BCUT2D eigenvalue weighted by Gasteiger charge is 2.35. The smallest absolute Gasteiger partial charge is 0.310 e. The molecule has 6 heteroatoms. The van der Waals surface area contributed by atoms with Gasteiger partial charge < -0.3 is 9.64 Å². The van der Waals surface area contributed by atoms with Gasteiger partial charge in [0.05, 0.1) is 19.6 Å². The Bertz CT molecular complexity index is 444. The summed E-state index contributed by atoms with van der Waals surface area (Å²) in [4.78, 5) is 29.0. The van der Waals surface area contributed by atoms with Gasteiger partial charge in [-0.1, -0.05) is 0 Å². The third-order valence-electron chi connectivity index (χ3n) is 2.74. The third kappa shape index (κ3) is 2.63. The van der Waals surface area contributed by atoms with E-state index in [1.165, 1.54) is 18.4 Å². The minimum atomic E-state index is -0.325. The maximum Gasteiger partial charge on any atom is 0.310 e. The Labute approximate surface area is 103 Å². The number of esters is 1. The number of carbonyl (C=O) groups excluding carboxylic acids is 2. The van der Waals surface area contributed by atoms with Crippen molar-refractivity contribution in [2.45, 2.75) is 19.9 Å². The van der Waals surface area contributed by atoms with Gasteiger partial charge in [0.1, 0.15) is 5.01 Å². The molecule has 1 amide bonds. The molecule has 0 spiro atoms. The van der Waals surface area contributed by atoms with Gasteiger partial charge in [0.15, 0.2) is 0 Å². The molecule has 1 unspecified atom stereocenters. The van der Waals surface area contributed by atoms with Crippen molar-refractivity contribution >= 4 is 23.2 Å². The van der Waals surface area contributed by atoms with Crippen LogP contribution in [0.4, 0.5) is 0 Å². The van der Waals surface area contributed by atoms with Gasteiger partial charge in [-0.15, -0.1) is 11.3 Å². The summed E-state index contributed by atoms with van der Waals surface area (Å²) in [6.07, 6.45) is 0.247. The molecule has 0 bridgehead atoms. The molecule has 5 nitrogen and oxygen atoms in total. The summed E-state index contributed by atoms with van der Waals surface area (Å²) in [5.74, 6) is -0.641. The number of hydrogen-bond donors (Lipinski definition) is 0. The minimum Gasteiger partial charge on any atom is -0.469 e. The van der Waals surface area contributed by atoms with Crippen LogP contribution in [-0.2, 0) is 20.9 Å². The SMILES string of the molecule is COC(=O)C1CC(=O)N(Cc2nc(C)cs2)C1. The lowest BCUT2D eigenvalue weighted by Gasteiger charge is -2.14. The van der Waals surface area contributed by atoms with Crippen molar-refractivity contribution in [2.24, 2.45) is 5.92 Å². The summed E-state index contributed by atoms with van der Waals surface area (Å²) in [5, 5.41) is 2.86. The predicted molar refractivity (Wildman–Crippen MR) is 62.4 cm³/mol. The van der Waals surface area contributed by atoms with E-state index >= 15 is 0 Å². The number of hydrogen-bond acceptors (Lipinski definition) is 5. The van der Waals surface area contributed by atoms with E-state index in [1.807, 2.05) is 12.3 Å². The van der Waals surface area contributed by atoms with Crippen LogP contribution < -0.4 is 0 Å². The summed E-state index contributed by atoms with van der Waals surface area (Å²) < 4.78 is 4.65. The Morgan fingerprint density at radius 3 is 3.06 bits per heavy atom. The first-order valence-corrected chi connectivity index (χ1v) is 6.24. The molecule has 0 saturated carbocycles. The molecule has 17 heavy (non-hydrogen) atoms. The topological polar surface area (TPSA) is 59.5 Å². The number of aryl methyl sites for hydroxylation is 1. The number of likely N-dealkylation sites (tertiary alicyclic amines) is 1. The van der Waals surface area contributed by atoms with Crippen LogP contribution in [0.3, 0.4) is 0 Å². The zero-order valence-corrected chi connectivity index (χ0v) is 10.6. The molecule has 0 aromatic carbocycles. The molecule has 0 radical (unpaired) electrons. The van der Waals surface area contributed by atoms with Gasteiger partial charge in [-0.2, -0.15) is 0 Å². The Kier molecular flexibility index (Phi) is 3.42. The Hall–Kier alpha value is -1.43. The summed E-state index contributed by atoms with van der Waals surface area (Å²) in [6, 6.07) is 0. The number of carbonyl (C=O) groups is 2. The number of aromatic nitrogens is 1. The molecule has 1 fully saturated rings. The van der Waals surface area contributed by atoms with Crippen LogP contribution in [0.5, 0.6) is 0 Å². The average molecular weight is 254 g/mol. The lowest BCUT2D eigenvalue weighted by Crippen LogP contribution is -2.26. The van der Waals surface area contributed by atoms with E-state index in [2.05, 4.69) is 9.72 Å². The molecule has 1 aliphatic heterocycles. The largest absolute Gasteiger partial charge is 0.469 e. The van der Waals surface area contributed by atoms with Crippen LogP contribution in [0.2, 0.25) is 0 Å². The first kappa shape index (κ1) is 12.0. The Balaban J connectivity index is 1.99. The molecule has 1 aliphatic rings. The van der Waals surface area contributed by atoms with E-state index in [-0.39, 0.29) is 24.2 Å². The highest BCUT2D eigenvalue weighted by molar-refractivity contribution is 7.09. The molecule has 1 atom stereocenters. The monoisotopic (exact) mass is 254 g/mol. The Morgan fingerprint density at radius 1 is 1.71 bits per heavy atom. The van der Waals surface area contributed by atoms with Gasteiger partial charge in [0.2, 0.25) is 5.91 Å². The molecule has 92 valence electrons. The minimum absolute atomic E-state index is 0.00625. The van der Waals surface area contributed by atoms with Gasteiger partial charge >= 0.3 is 5.97 Å². The highest BCUT2D eigenvalue weighted by atomic mass is 32.1. The van der Waals surface area contributed by atoms with Crippen molar-refractivity contribution in [1.29, 1.82) is 0 Å². The maximum absolute atomic E-state index is 11.7. The lowest BCUT2D eigenvalue weighted by molar-refractivity contribution is -0.145. The van der Waals surface area contributed by atoms with E-state index in [1.54, 1.807) is 4.90 Å². The first-order chi connectivity index (χ1) is 8.10. The number of thiazole rings is 1. The first-order valence-electron chi connectivity index (χ1n) is 5.36. The van der Waals surface area contributed by atoms with Crippen molar-refractivity contribution in [2.75, 3.05) is 13.7 Å². The van der Waals surface area contributed by atoms with Gasteiger partial charge in [-0.25, -0.2) is 4.98 Å². The van der Waals surface area contributed by atoms with Crippen LogP contribution in [0.15, 0.2) is 5.38 Å². The van der Waals surface area contributed by atoms with Crippen LogP contribution in [-0.4, -0.2) is 35.4 Å². The molecular formula is C11H14N2O3S. The molecular weight excluding hydrogens is 240 g/mol. The zero-order valence-electron chi connectivity index (χ0n) is 9.80. The standard InChI is InChI=1S/C11H14N2O3S/c1-7-6-17-9(12-7)5-13-4-8(3-10(13)14)11(15)16-2/h6,8H,3-5H2,1-2H3. The fourth-order valence-corrected chi connectivity index (χ4v) is 2.67. The zero-order chi connectivity index (χ0) is 12.4.